The van der Waals surface area contributed by atoms with Gasteiger partial charge in [-0.15, -0.1) is 0 Å². The van der Waals surface area contributed by atoms with E-state index in [1.54, 1.807) is 34.6 Å². The third-order valence-corrected chi connectivity index (χ3v) is 2.12. The van der Waals surface area contributed by atoms with E-state index >= 15 is 0 Å². The van der Waals surface area contributed by atoms with Crippen molar-refractivity contribution in [2.75, 3.05) is 6.61 Å². The Bertz CT molecular complexity index is 227. The van der Waals surface area contributed by atoms with Gasteiger partial charge in [0.1, 0.15) is 0 Å². The molecule has 16 heavy (non-hydrogen) atoms. The van der Waals surface area contributed by atoms with Gasteiger partial charge in [0.2, 0.25) is 0 Å². The van der Waals surface area contributed by atoms with E-state index in [1.165, 1.54) is 0 Å². The zero-order valence-corrected chi connectivity index (χ0v) is 10.7. The molecule has 0 aromatic rings. The quantitative estimate of drug-likeness (QED) is 0.662. The first kappa shape index (κ1) is 15.2. The summed E-state index contributed by atoms with van der Waals surface area (Å²) in [6, 6.07) is -0.563. The van der Waals surface area contributed by atoms with Gasteiger partial charge < -0.3 is 20.3 Å². The molecule has 0 aliphatic heterocycles. The summed E-state index contributed by atoms with van der Waals surface area (Å²) in [7, 11) is 0. The van der Waals surface area contributed by atoms with E-state index in [2.05, 4.69) is 5.32 Å². The summed E-state index contributed by atoms with van der Waals surface area (Å²) in [4.78, 5) is 11.3. The lowest BCUT2D eigenvalue weighted by Crippen LogP contribution is -2.52. The summed E-state index contributed by atoms with van der Waals surface area (Å²) >= 11 is 0. The molecule has 0 unspecified atom stereocenters. The average molecular weight is 233 g/mol. The molecule has 96 valence electrons. The smallest absolute Gasteiger partial charge is 0.407 e. The molecule has 0 aromatic heterocycles. The Morgan fingerprint density at radius 1 is 1.31 bits per heavy atom. The van der Waals surface area contributed by atoms with Crippen molar-refractivity contribution in [3.05, 3.63) is 0 Å². The van der Waals surface area contributed by atoms with Crippen LogP contribution in [-0.4, -0.2) is 40.2 Å². The molecular formula is C11H23NO4. The topological polar surface area (TPSA) is 78.8 Å². The molecule has 0 aromatic carbocycles. The van der Waals surface area contributed by atoms with Gasteiger partial charge in [0, 0.05) is 0 Å². The third kappa shape index (κ3) is 6.63. The molecule has 0 saturated carbocycles. The Morgan fingerprint density at radius 3 is 2.12 bits per heavy atom. The number of hydrogen-bond acceptors (Lipinski definition) is 4. The minimum absolute atomic E-state index is 0.245. The summed E-state index contributed by atoms with van der Waals surface area (Å²) < 4.78 is 4.74. The van der Waals surface area contributed by atoms with Gasteiger partial charge in [-0.05, 0) is 41.0 Å². The van der Waals surface area contributed by atoms with E-state index < -0.39 is 23.3 Å². The average Bonchev–Trinajstić information content (AvgIpc) is 1.98. The SMILES string of the molecule is CCOC(=O)N[C@@H](CC(C)(C)O)C(C)(C)O. The monoisotopic (exact) mass is 233 g/mol. The van der Waals surface area contributed by atoms with Crippen LogP contribution < -0.4 is 5.32 Å². The molecule has 0 heterocycles. The first-order chi connectivity index (χ1) is 7.06. The van der Waals surface area contributed by atoms with Crippen LogP contribution >= 0.6 is 0 Å². The highest BCUT2D eigenvalue weighted by atomic mass is 16.5. The number of carbonyl (C=O) groups excluding carboxylic acids is 1. The molecule has 5 heteroatoms. The Balaban J connectivity index is 4.52. The number of ether oxygens (including phenoxy) is 1. The van der Waals surface area contributed by atoms with Crippen LogP contribution in [0.1, 0.15) is 41.0 Å². The second kappa shape index (κ2) is 5.50. The predicted octanol–water partition coefficient (Wildman–Crippen LogP) is 1.03. The molecule has 5 nitrogen and oxygen atoms in total. The van der Waals surface area contributed by atoms with Gasteiger partial charge in [0.25, 0.3) is 0 Å². The lowest BCUT2D eigenvalue weighted by Gasteiger charge is -2.33. The lowest BCUT2D eigenvalue weighted by atomic mass is 9.89. The Morgan fingerprint density at radius 2 is 1.81 bits per heavy atom. The van der Waals surface area contributed by atoms with Gasteiger partial charge >= 0.3 is 6.09 Å². The predicted molar refractivity (Wildman–Crippen MR) is 61.2 cm³/mol. The molecule has 0 radical (unpaired) electrons. The highest BCUT2D eigenvalue weighted by Gasteiger charge is 2.33. The van der Waals surface area contributed by atoms with Crippen molar-refractivity contribution in [1.82, 2.24) is 5.32 Å². The van der Waals surface area contributed by atoms with Gasteiger partial charge in [0.15, 0.2) is 0 Å². The number of amides is 1. The molecular weight excluding hydrogens is 210 g/mol. The number of carbonyl (C=O) groups is 1. The van der Waals surface area contributed by atoms with E-state index in [0.717, 1.165) is 0 Å². The van der Waals surface area contributed by atoms with Gasteiger partial charge in [-0.3, -0.25) is 0 Å². The van der Waals surface area contributed by atoms with Crippen molar-refractivity contribution in [2.24, 2.45) is 0 Å². The van der Waals surface area contributed by atoms with Crippen LogP contribution in [0.5, 0.6) is 0 Å². The normalized spacial score (nSPS) is 14.4. The molecule has 0 rings (SSSR count). The van der Waals surface area contributed by atoms with Crippen LogP contribution in [-0.2, 0) is 4.74 Å². The van der Waals surface area contributed by atoms with E-state index in [0.29, 0.717) is 0 Å². The van der Waals surface area contributed by atoms with Crippen LogP contribution in [0, 0.1) is 0 Å². The summed E-state index contributed by atoms with van der Waals surface area (Å²) in [5.41, 5.74) is -2.09. The van der Waals surface area contributed by atoms with Crippen molar-refractivity contribution in [1.29, 1.82) is 0 Å². The summed E-state index contributed by atoms with van der Waals surface area (Å²) in [5.74, 6) is 0. The zero-order chi connectivity index (χ0) is 13.0. The fraction of sp³-hybridized carbons (Fsp3) is 0.909. The molecule has 0 aliphatic rings. The van der Waals surface area contributed by atoms with E-state index in [1.807, 2.05) is 0 Å². The fourth-order valence-corrected chi connectivity index (χ4v) is 1.29. The van der Waals surface area contributed by atoms with Crippen molar-refractivity contribution in [3.63, 3.8) is 0 Å². The minimum atomic E-state index is -1.12. The van der Waals surface area contributed by atoms with Gasteiger partial charge in [0.05, 0.1) is 23.9 Å². The zero-order valence-electron chi connectivity index (χ0n) is 10.7. The fourth-order valence-electron chi connectivity index (χ4n) is 1.29. The number of alkyl carbamates (subject to hydrolysis) is 1. The third-order valence-electron chi connectivity index (χ3n) is 2.12. The van der Waals surface area contributed by atoms with Crippen molar-refractivity contribution in [3.8, 4) is 0 Å². The maximum atomic E-state index is 11.3. The van der Waals surface area contributed by atoms with Crippen LogP contribution in [0.25, 0.3) is 0 Å². The lowest BCUT2D eigenvalue weighted by molar-refractivity contribution is -0.0115. The molecule has 0 saturated heterocycles. The van der Waals surface area contributed by atoms with Gasteiger partial charge in [-0.1, -0.05) is 0 Å². The number of nitrogens with one attached hydrogen (secondary N) is 1. The largest absolute Gasteiger partial charge is 0.450 e. The van der Waals surface area contributed by atoms with Crippen LogP contribution in [0.4, 0.5) is 4.79 Å². The van der Waals surface area contributed by atoms with Crippen molar-refractivity contribution < 1.29 is 19.7 Å². The standard InChI is InChI=1S/C11H23NO4/c1-6-16-9(13)12-8(11(4,5)15)7-10(2,3)14/h8,14-15H,6-7H2,1-5H3,(H,12,13)/t8-/m0/s1. The van der Waals surface area contributed by atoms with Crippen LogP contribution in [0.15, 0.2) is 0 Å². The Labute approximate surface area is 96.8 Å². The number of aliphatic hydroxyl groups is 2. The molecule has 0 fully saturated rings. The van der Waals surface area contributed by atoms with Crippen molar-refractivity contribution >= 4 is 6.09 Å². The van der Waals surface area contributed by atoms with Gasteiger partial charge in [-0.2, -0.15) is 0 Å². The van der Waals surface area contributed by atoms with Crippen LogP contribution in [0.2, 0.25) is 0 Å². The number of hydrogen-bond donors (Lipinski definition) is 3. The molecule has 0 aliphatic carbocycles. The van der Waals surface area contributed by atoms with E-state index in [-0.39, 0.29) is 13.0 Å². The van der Waals surface area contributed by atoms with Gasteiger partial charge in [-0.25, -0.2) is 4.79 Å². The molecule has 1 atom stereocenters. The second-order valence-corrected chi connectivity index (χ2v) is 5.09. The molecule has 0 bridgehead atoms. The maximum Gasteiger partial charge on any atom is 0.407 e. The summed E-state index contributed by atoms with van der Waals surface area (Å²) in [6.07, 6.45) is -0.339. The van der Waals surface area contributed by atoms with Crippen LogP contribution in [0.3, 0.4) is 0 Å². The first-order valence-corrected chi connectivity index (χ1v) is 5.44. The summed E-state index contributed by atoms with van der Waals surface area (Å²) in [6.45, 7) is 8.38. The highest BCUT2D eigenvalue weighted by Crippen LogP contribution is 2.19. The Kier molecular flexibility index (Phi) is 5.22. The number of rotatable bonds is 5. The second-order valence-electron chi connectivity index (χ2n) is 5.09. The van der Waals surface area contributed by atoms with E-state index in [4.69, 9.17) is 4.74 Å². The molecule has 1 amide bonds. The maximum absolute atomic E-state index is 11.3. The molecule has 3 N–H and O–H groups in total. The summed E-state index contributed by atoms with van der Waals surface area (Å²) in [5, 5.41) is 22.1. The molecule has 0 spiro atoms. The van der Waals surface area contributed by atoms with E-state index in [9.17, 15) is 15.0 Å². The van der Waals surface area contributed by atoms with Crippen molar-refractivity contribution in [2.45, 2.75) is 58.3 Å². The minimum Gasteiger partial charge on any atom is -0.450 e. The Hall–Kier alpha value is -0.810. The first-order valence-electron chi connectivity index (χ1n) is 5.44. The highest BCUT2D eigenvalue weighted by molar-refractivity contribution is 5.67.